The van der Waals surface area contributed by atoms with E-state index in [9.17, 15) is 9.59 Å². The highest BCUT2D eigenvalue weighted by Crippen LogP contribution is 2.22. The second-order valence-electron chi connectivity index (χ2n) is 4.60. The van der Waals surface area contributed by atoms with Gasteiger partial charge in [0, 0.05) is 16.8 Å². The molecule has 0 saturated heterocycles. The Bertz CT molecular complexity index is 825. The molecule has 23 heavy (non-hydrogen) atoms. The molecule has 3 rings (SSSR count). The fraction of sp³-hybridized carbons (Fsp3) is 0. The number of rotatable bonds is 4. The molecule has 5 nitrogen and oxygen atoms in total. The molecule has 0 aliphatic rings. The van der Waals surface area contributed by atoms with Crippen LogP contribution in [0.25, 0.3) is 0 Å². The minimum Gasteiger partial charge on any atom is -0.459 e. The predicted molar refractivity (Wildman–Crippen MR) is 93.1 cm³/mol. The first-order valence-corrected chi connectivity index (χ1v) is 8.29. The van der Waals surface area contributed by atoms with Crippen molar-refractivity contribution in [1.29, 1.82) is 0 Å². The summed E-state index contributed by atoms with van der Waals surface area (Å²) in [6.07, 6.45) is 1.44. The first-order valence-electron chi connectivity index (χ1n) is 6.62. The van der Waals surface area contributed by atoms with E-state index in [1.807, 2.05) is 0 Å². The van der Waals surface area contributed by atoms with Gasteiger partial charge >= 0.3 is 0 Å². The van der Waals surface area contributed by atoms with Gasteiger partial charge in [0.1, 0.15) is 0 Å². The van der Waals surface area contributed by atoms with Gasteiger partial charge in [-0.3, -0.25) is 9.59 Å². The Balaban J connectivity index is 1.63. The van der Waals surface area contributed by atoms with Gasteiger partial charge in [0.25, 0.3) is 11.8 Å². The number of hydrogen-bond acceptors (Lipinski definition) is 4. The normalized spacial score (nSPS) is 10.3. The van der Waals surface area contributed by atoms with E-state index in [1.54, 1.807) is 47.8 Å². The maximum absolute atomic E-state index is 12.0. The van der Waals surface area contributed by atoms with Gasteiger partial charge in [-0.2, -0.15) is 0 Å². The van der Waals surface area contributed by atoms with Crippen molar-refractivity contribution in [2.24, 2.45) is 0 Å². The van der Waals surface area contributed by atoms with Crippen molar-refractivity contribution < 1.29 is 14.0 Å². The van der Waals surface area contributed by atoms with E-state index in [4.69, 9.17) is 4.42 Å². The topological polar surface area (TPSA) is 71.3 Å². The smallest absolute Gasteiger partial charge is 0.291 e. The van der Waals surface area contributed by atoms with Crippen LogP contribution in [-0.2, 0) is 0 Å². The molecule has 2 amide bonds. The summed E-state index contributed by atoms with van der Waals surface area (Å²) in [4.78, 5) is 23.9. The number of furan rings is 1. The number of anilines is 2. The first-order chi connectivity index (χ1) is 11.1. The standard InChI is InChI=1S/C16H11BrN2O3S/c17-14-8-10(9-23-14)15(20)18-11-3-5-12(6-4-11)19-16(21)13-2-1-7-22-13/h1-9H,(H,18,20)(H,19,21). The quantitative estimate of drug-likeness (QED) is 0.683. The molecule has 0 atom stereocenters. The fourth-order valence-corrected chi connectivity index (χ4v) is 3.01. The van der Waals surface area contributed by atoms with Gasteiger partial charge in [-0.05, 0) is 58.4 Å². The van der Waals surface area contributed by atoms with Crippen LogP contribution in [0.2, 0.25) is 0 Å². The highest BCUT2D eigenvalue weighted by Gasteiger charge is 2.10. The van der Waals surface area contributed by atoms with Gasteiger partial charge in [-0.25, -0.2) is 0 Å². The molecular formula is C16H11BrN2O3S. The number of hydrogen-bond donors (Lipinski definition) is 2. The van der Waals surface area contributed by atoms with Gasteiger partial charge in [0.05, 0.1) is 15.6 Å². The molecule has 116 valence electrons. The van der Waals surface area contributed by atoms with E-state index in [1.165, 1.54) is 17.6 Å². The SMILES string of the molecule is O=C(Nc1ccc(NC(=O)c2ccco2)cc1)c1csc(Br)c1. The summed E-state index contributed by atoms with van der Waals surface area (Å²) in [6, 6.07) is 11.9. The number of halogens is 1. The second-order valence-corrected chi connectivity index (χ2v) is 6.89. The summed E-state index contributed by atoms with van der Waals surface area (Å²) < 4.78 is 5.92. The van der Waals surface area contributed by atoms with Crippen molar-refractivity contribution in [3.63, 3.8) is 0 Å². The Morgan fingerprint density at radius 1 is 1.00 bits per heavy atom. The van der Waals surface area contributed by atoms with Crippen LogP contribution in [0, 0.1) is 0 Å². The Labute approximate surface area is 144 Å². The zero-order chi connectivity index (χ0) is 16.2. The van der Waals surface area contributed by atoms with Crippen LogP contribution in [0.5, 0.6) is 0 Å². The molecule has 0 aliphatic heterocycles. The summed E-state index contributed by atoms with van der Waals surface area (Å²) in [6.45, 7) is 0. The molecule has 0 bridgehead atoms. The molecule has 0 radical (unpaired) electrons. The largest absolute Gasteiger partial charge is 0.459 e. The highest BCUT2D eigenvalue weighted by atomic mass is 79.9. The van der Waals surface area contributed by atoms with Crippen LogP contribution in [0.1, 0.15) is 20.9 Å². The summed E-state index contributed by atoms with van der Waals surface area (Å²) in [5.74, 6) is -0.264. The number of benzene rings is 1. The number of carbonyl (C=O) groups is 2. The number of amides is 2. The van der Waals surface area contributed by atoms with E-state index < -0.39 is 0 Å². The molecule has 0 spiro atoms. The highest BCUT2D eigenvalue weighted by molar-refractivity contribution is 9.11. The van der Waals surface area contributed by atoms with Gasteiger partial charge in [0.15, 0.2) is 5.76 Å². The van der Waals surface area contributed by atoms with E-state index in [0.29, 0.717) is 16.9 Å². The summed E-state index contributed by atoms with van der Waals surface area (Å²) in [5.41, 5.74) is 1.85. The van der Waals surface area contributed by atoms with Gasteiger partial charge in [-0.15, -0.1) is 11.3 Å². The van der Waals surface area contributed by atoms with Crippen LogP contribution in [-0.4, -0.2) is 11.8 Å². The van der Waals surface area contributed by atoms with Crippen molar-refractivity contribution >= 4 is 50.5 Å². The molecule has 3 aromatic rings. The molecule has 0 aliphatic carbocycles. The molecular weight excluding hydrogens is 380 g/mol. The minimum absolute atomic E-state index is 0.181. The zero-order valence-corrected chi connectivity index (χ0v) is 14.1. The maximum Gasteiger partial charge on any atom is 0.291 e. The van der Waals surface area contributed by atoms with Gasteiger partial charge in [0.2, 0.25) is 0 Å². The monoisotopic (exact) mass is 390 g/mol. The number of thiophene rings is 1. The van der Waals surface area contributed by atoms with Crippen LogP contribution < -0.4 is 10.6 Å². The minimum atomic E-state index is -0.324. The molecule has 2 aromatic heterocycles. The molecule has 0 saturated carbocycles. The fourth-order valence-electron chi connectivity index (χ4n) is 1.87. The van der Waals surface area contributed by atoms with Crippen LogP contribution in [0.3, 0.4) is 0 Å². The van der Waals surface area contributed by atoms with E-state index in [2.05, 4.69) is 26.6 Å². The molecule has 7 heteroatoms. The third kappa shape index (κ3) is 3.88. The Hall–Kier alpha value is -2.38. The lowest BCUT2D eigenvalue weighted by Crippen LogP contribution is -2.12. The molecule has 1 aromatic carbocycles. The number of carbonyl (C=O) groups excluding carboxylic acids is 2. The lowest BCUT2D eigenvalue weighted by atomic mass is 10.2. The van der Waals surface area contributed by atoms with E-state index in [0.717, 1.165) is 3.79 Å². The average molecular weight is 391 g/mol. The first kappa shape index (κ1) is 15.5. The predicted octanol–water partition coefficient (Wildman–Crippen LogP) is 4.61. The Morgan fingerprint density at radius 3 is 2.17 bits per heavy atom. The van der Waals surface area contributed by atoms with Crippen molar-refractivity contribution in [2.75, 3.05) is 10.6 Å². The summed E-state index contributed by atoms with van der Waals surface area (Å²) in [5, 5.41) is 7.28. The maximum atomic E-state index is 12.0. The van der Waals surface area contributed by atoms with Crippen molar-refractivity contribution in [1.82, 2.24) is 0 Å². The average Bonchev–Trinajstić information content (AvgIpc) is 3.20. The van der Waals surface area contributed by atoms with Gasteiger partial charge in [-0.1, -0.05) is 0 Å². The molecule has 2 N–H and O–H groups in total. The summed E-state index contributed by atoms with van der Waals surface area (Å²) >= 11 is 4.78. The van der Waals surface area contributed by atoms with Gasteiger partial charge < -0.3 is 15.1 Å². The van der Waals surface area contributed by atoms with E-state index in [-0.39, 0.29) is 17.6 Å². The second kappa shape index (κ2) is 6.80. The van der Waals surface area contributed by atoms with Crippen LogP contribution in [0.4, 0.5) is 11.4 Å². The molecule has 2 heterocycles. The van der Waals surface area contributed by atoms with Crippen molar-refractivity contribution in [3.8, 4) is 0 Å². The van der Waals surface area contributed by atoms with Crippen LogP contribution in [0.15, 0.2) is 62.3 Å². The lowest BCUT2D eigenvalue weighted by Gasteiger charge is -2.06. The van der Waals surface area contributed by atoms with Crippen molar-refractivity contribution in [2.45, 2.75) is 0 Å². The van der Waals surface area contributed by atoms with E-state index >= 15 is 0 Å². The third-order valence-electron chi connectivity index (χ3n) is 2.98. The third-order valence-corrected chi connectivity index (χ3v) is 4.48. The lowest BCUT2D eigenvalue weighted by molar-refractivity contribution is 0.0994. The van der Waals surface area contributed by atoms with Crippen LogP contribution >= 0.6 is 27.3 Å². The molecule has 0 unspecified atom stereocenters. The Morgan fingerprint density at radius 2 is 1.65 bits per heavy atom. The van der Waals surface area contributed by atoms with Crippen molar-refractivity contribution in [3.05, 3.63) is 69.2 Å². The number of nitrogens with one attached hydrogen (secondary N) is 2. The summed E-state index contributed by atoms with van der Waals surface area (Å²) in [7, 11) is 0. The Kier molecular flexibility index (Phi) is 4.59. The zero-order valence-electron chi connectivity index (χ0n) is 11.7. The molecule has 0 fully saturated rings.